The second-order valence-electron chi connectivity index (χ2n) is 7.17. The van der Waals surface area contributed by atoms with E-state index >= 15 is 0 Å². The van der Waals surface area contributed by atoms with Gasteiger partial charge in [0.05, 0.1) is 17.3 Å². The van der Waals surface area contributed by atoms with Crippen LogP contribution in [0.2, 0.25) is 0 Å². The van der Waals surface area contributed by atoms with E-state index in [-0.39, 0.29) is 30.1 Å². The smallest absolute Gasteiger partial charge is 0.316 e. The van der Waals surface area contributed by atoms with Crippen LogP contribution in [0, 0.1) is 0 Å². The number of amides is 2. The van der Waals surface area contributed by atoms with Crippen LogP contribution < -0.4 is 16.2 Å². The molecule has 2 aliphatic heterocycles. The van der Waals surface area contributed by atoms with Gasteiger partial charge in [-0.25, -0.2) is 14.2 Å². The van der Waals surface area contributed by atoms with Gasteiger partial charge in [-0.05, 0) is 26.0 Å². The summed E-state index contributed by atoms with van der Waals surface area (Å²) in [5.41, 5.74) is 7.20. The molecule has 0 aliphatic carbocycles. The summed E-state index contributed by atoms with van der Waals surface area (Å²) >= 11 is 0. The number of alkyl halides is 2. The fourth-order valence-corrected chi connectivity index (χ4v) is 3.25. The molecule has 4 N–H and O–H groups in total. The Morgan fingerprint density at radius 3 is 2.86 bits per heavy atom. The number of rotatable bonds is 6. The zero-order valence-electron chi connectivity index (χ0n) is 16.7. The standard InChI is InChI=1S/C19H23F2N5O3/c1-10-7-14(24-25-17(10)29-9-19(3,20)21)11(2)26-8-13-12(18(26)28)5-6-23-15(13)16(27)22-4/h5-7,11,24-25H,8-9H2,1-4H3,(H,22,27)/p+1. The molecular formula is C19H24F2N5O3+. The molecule has 0 saturated carbocycles. The van der Waals surface area contributed by atoms with Crippen LogP contribution in [0.3, 0.4) is 0 Å². The van der Waals surface area contributed by atoms with Gasteiger partial charge in [-0.2, -0.15) is 5.43 Å². The molecule has 0 saturated heterocycles. The number of quaternary nitrogens is 1. The highest BCUT2D eigenvalue weighted by atomic mass is 19.3. The normalized spacial score (nSPS) is 17.5. The van der Waals surface area contributed by atoms with E-state index in [0.717, 1.165) is 6.92 Å². The van der Waals surface area contributed by atoms with E-state index in [1.807, 2.05) is 6.92 Å². The first-order chi connectivity index (χ1) is 13.6. The number of allylic oxidation sites excluding steroid dienone is 2. The lowest BCUT2D eigenvalue weighted by atomic mass is 10.1. The highest BCUT2D eigenvalue weighted by Gasteiger charge is 2.36. The molecule has 3 rings (SSSR count). The second-order valence-corrected chi connectivity index (χ2v) is 7.17. The van der Waals surface area contributed by atoms with Crippen molar-refractivity contribution in [2.75, 3.05) is 13.7 Å². The molecule has 0 aromatic carbocycles. The van der Waals surface area contributed by atoms with E-state index in [0.29, 0.717) is 28.3 Å². The Morgan fingerprint density at radius 1 is 1.52 bits per heavy atom. The molecule has 0 fully saturated rings. The molecule has 0 radical (unpaired) electrons. The lowest BCUT2D eigenvalue weighted by Crippen LogP contribution is -2.93. The molecule has 3 heterocycles. The van der Waals surface area contributed by atoms with Crippen molar-refractivity contribution in [3.8, 4) is 0 Å². The van der Waals surface area contributed by atoms with Gasteiger partial charge in [0.2, 0.25) is 0 Å². The van der Waals surface area contributed by atoms with E-state index in [1.54, 1.807) is 24.0 Å². The quantitative estimate of drug-likeness (QED) is 0.601. The van der Waals surface area contributed by atoms with Crippen molar-refractivity contribution in [2.45, 2.75) is 39.3 Å². The first-order valence-electron chi connectivity index (χ1n) is 9.16. The highest BCUT2D eigenvalue weighted by molar-refractivity contribution is 6.03. The SMILES string of the molecule is CNC(=O)c1nccc2c1CN(C(C)C1=CC(C)=C(OCC(C)(F)F)[NH2+]N1)C2=O. The number of nitrogens with zero attached hydrogens (tertiary/aromatic N) is 2. The number of aromatic nitrogens is 1. The van der Waals surface area contributed by atoms with Crippen molar-refractivity contribution >= 4 is 11.8 Å². The summed E-state index contributed by atoms with van der Waals surface area (Å²) in [4.78, 5) is 30.7. The van der Waals surface area contributed by atoms with Crippen molar-refractivity contribution in [1.29, 1.82) is 0 Å². The second kappa shape index (κ2) is 7.78. The summed E-state index contributed by atoms with van der Waals surface area (Å²) in [5, 5.41) is 2.53. The molecule has 1 unspecified atom stereocenters. The molecular weight excluding hydrogens is 384 g/mol. The molecule has 1 atom stereocenters. The van der Waals surface area contributed by atoms with Gasteiger partial charge in [0.25, 0.3) is 17.7 Å². The van der Waals surface area contributed by atoms with Crippen molar-refractivity contribution in [3.05, 3.63) is 52.3 Å². The molecule has 0 bridgehead atoms. The average molecular weight is 408 g/mol. The first-order valence-corrected chi connectivity index (χ1v) is 9.16. The Kier molecular flexibility index (Phi) is 5.56. The third-order valence-electron chi connectivity index (χ3n) is 4.85. The van der Waals surface area contributed by atoms with Crippen LogP contribution in [0.25, 0.3) is 0 Å². The van der Waals surface area contributed by atoms with Crippen LogP contribution in [0.15, 0.2) is 35.5 Å². The van der Waals surface area contributed by atoms with Crippen LogP contribution >= 0.6 is 0 Å². The van der Waals surface area contributed by atoms with Crippen molar-refractivity contribution in [1.82, 2.24) is 20.6 Å². The van der Waals surface area contributed by atoms with E-state index in [9.17, 15) is 18.4 Å². The summed E-state index contributed by atoms with van der Waals surface area (Å²) in [7, 11) is 1.51. The van der Waals surface area contributed by atoms with Gasteiger partial charge in [0.1, 0.15) is 5.69 Å². The Bertz CT molecular complexity index is 908. The summed E-state index contributed by atoms with van der Waals surface area (Å²) in [5.74, 6) is -3.15. The largest absolute Gasteiger partial charge is 0.444 e. The maximum absolute atomic E-state index is 13.0. The Labute approximate surface area is 167 Å². The fourth-order valence-electron chi connectivity index (χ4n) is 3.25. The van der Waals surface area contributed by atoms with E-state index in [2.05, 4.69) is 15.7 Å². The molecule has 0 spiro atoms. The predicted molar refractivity (Wildman–Crippen MR) is 99.4 cm³/mol. The molecule has 29 heavy (non-hydrogen) atoms. The number of nitrogens with two attached hydrogens (primary N) is 1. The maximum atomic E-state index is 13.0. The van der Waals surface area contributed by atoms with Crippen LogP contribution in [0.4, 0.5) is 8.78 Å². The number of carbonyl (C=O) groups is 2. The van der Waals surface area contributed by atoms with Crippen LogP contribution in [0.1, 0.15) is 47.2 Å². The number of hydrogen-bond donors (Lipinski definition) is 3. The molecule has 8 nitrogen and oxygen atoms in total. The van der Waals surface area contributed by atoms with Crippen LogP contribution in [-0.2, 0) is 11.3 Å². The number of carbonyl (C=O) groups excluding carboxylic acids is 2. The zero-order valence-corrected chi connectivity index (χ0v) is 16.7. The molecule has 1 aromatic rings. The third kappa shape index (κ3) is 4.21. The minimum absolute atomic E-state index is 0.197. The summed E-state index contributed by atoms with van der Waals surface area (Å²) in [6, 6.07) is 1.26. The first kappa shape index (κ1) is 20.7. The Morgan fingerprint density at radius 2 is 2.24 bits per heavy atom. The molecule has 2 aliphatic rings. The van der Waals surface area contributed by atoms with Gasteiger partial charge in [0, 0.05) is 37.8 Å². The topological polar surface area (TPSA) is 100 Å². The number of hydrogen-bond acceptors (Lipinski definition) is 5. The lowest BCUT2D eigenvalue weighted by Gasteiger charge is -2.28. The van der Waals surface area contributed by atoms with Gasteiger partial charge in [-0.1, -0.05) is 0 Å². The Balaban J connectivity index is 1.79. The lowest BCUT2D eigenvalue weighted by molar-refractivity contribution is -0.685. The third-order valence-corrected chi connectivity index (χ3v) is 4.85. The summed E-state index contributed by atoms with van der Waals surface area (Å²) < 4.78 is 31.2. The number of nitrogens with one attached hydrogen (secondary N) is 2. The van der Waals surface area contributed by atoms with E-state index in [1.165, 1.54) is 18.7 Å². The van der Waals surface area contributed by atoms with Gasteiger partial charge in [-0.15, -0.1) is 0 Å². The number of ether oxygens (including phenoxy) is 1. The number of halogens is 2. The summed E-state index contributed by atoms with van der Waals surface area (Å²) in [6.45, 7) is 3.93. The van der Waals surface area contributed by atoms with Gasteiger partial charge >= 0.3 is 5.88 Å². The van der Waals surface area contributed by atoms with E-state index in [4.69, 9.17) is 4.74 Å². The van der Waals surface area contributed by atoms with Crippen LogP contribution in [0.5, 0.6) is 0 Å². The van der Waals surface area contributed by atoms with Crippen molar-refractivity contribution < 1.29 is 28.5 Å². The molecule has 10 heteroatoms. The Hall–Kier alpha value is -3.01. The molecule has 156 valence electrons. The average Bonchev–Trinajstić information content (AvgIpc) is 3.02. The summed E-state index contributed by atoms with van der Waals surface area (Å²) in [6.07, 6.45) is 3.21. The fraction of sp³-hybridized carbons (Fsp3) is 0.421. The van der Waals surface area contributed by atoms with Crippen molar-refractivity contribution in [3.63, 3.8) is 0 Å². The van der Waals surface area contributed by atoms with Gasteiger partial charge in [-0.3, -0.25) is 14.6 Å². The van der Waals surface area contributed by atoms with Crippen molar-refractivity contribution in [2.24, 2.45) is 0 Å². The molecule has 2 amide bonds. The van der Waals surface area contributed by atoms with Crippen LogP contribution in [-0.4, -0.2) is 47.3 Å². The maximum Gasteiger partial charge on any atom is 0.316 e. The predicted octanol–water partition coefficient (Wildman–Crippen LogP) is 0.654. The van der Waals surface area contributed by atoms with Gasteiger partial charge in [0.15, 0.2) is 6.61 Å². The monoisotopic (exact) mass is 408 g/mol. The van der Waals surface area contributed by atoms with Gasteiger partial charge < -0.3 is 15.0 Å². The molecule has 1 aromatic heterocycles. The van der Waals surface area contributed by atoms with E-state index < -0.39 is 12.5 Å². The highest BCUT2D eigenvalue weighted by Crippen LogP contribution is 2.28. The minimum atomic E-state index is -2.93. The number of pyridine rings is 1. The number of fused-ring (bicyclic) bond motifs is 1. The minimum Gasteiger partial charge on any atom is -0.444 e. The zero-order chi connectivity index (χ0) is 21.3.